The van der Waals surface area contributed by atoms with Gasteiger partial charge in [-0.15, -0.1) is 12.4 Å². The molecule has 2 aromatic rings. The van der Waals surface area contributed by atoms with Crippen molar-refractivity contribution in [1.29, 1.82) is 0 Å². The van der Waals surface area contributed by atoms with Crippen molar-refractivity contribution in [2.75, 3.05) is 26.2 Å². The summed E-state index contributed by atoms with van der Waals surface area (Å²) in [5.74, 6) is 0.297. The molecule has 0 aromatic heterocycles. The van der Waals surface area contributed by atoms with Gasteiger partial charge in [0.15, 0.2) is 0 Å². The van der Waals surface area contributed by atoms with Crippen molar-refractivity contribution in [2.24, 2.45) is 5.92 Å². The van der Waals surface area contributed by atoms with Gasteiger partial charge < -0.3 is 0 Å². The summed E-state index contributed by atoms with van der Waals surface area (Å²) in [6.45, 7) is 3.84. The number of nitrogens with zero attached hydrogens (tertiary/aromatic N) is 2. The Morgan fingerprint density at radius 3 is 2.43 bits per heavy atom. The van der Waals surface area contributed by atoms with Crippen molar-refractivity contribution in [3.63, 3.8) is 0 Å². The Morgan fingerprint density at radius 1 is 0.967 bits per heavy atom. The number of hydrogen-bond acceptors (Lipinski definition) is 3. The van der Waals surface area contributed by atoms with Crippen LogP contribution in [-0.2, 0) is 23.0 Å². The third-order valence-electron chi connectivity index (χ3n) is 5.80. The smallest absolute Gasteiger partial charge is 0.244 e. The molecular weight excluding hydrogens is 486 g/mol. The highest BCUT2D eigenvalue weighted by Gasteiger charge is 2.33. The summed E-state index contributed by atoms with van der Waals surface area (Å²) in [6, 6.07) is 11.3. The second-order valence-electron chi connectivity index (χ2n) is 7.82. The molecule has 0 spiro atoms. The summed E-state index contributed by atoms with van der Waals surface area (Å²) in [7, 11) is -3.71. The maximum Gasteiger partial charge on any atom is 0.244 e. The fraction of sp³-hybridized carbons (Fsp3) is 0.429. The molecule has 4 rings (SSSR count). The van der Waals surface area contributed by atoms with Crippen molar-refractivity contribution in [2.45, 2.75) is 30.7 Å². The van der Waals surface area contributed by atoms with Crippen LogP contribution in [0.3, 0.4) is 0 Å². The Balaban J connectivity index is 0.00000256. The van der Waals surface area contributed by atoms with E-state index in [1.54, 1.807) is 4.31 Å². The topological polar surface area (TPSA) is 40.6 Å². The first kappa shape index (κ1) is 24.1. The average molecular weight is 510 g/mol. The molecule has 1 fully saturated rings. The van der Waals surface area contributed by atoms with Crippen molar-refractivity contribution < 1.29 is 8.42 Å². The van der Waals surface area contributed by atoms with Gasteiger partial charge in [-0.2, -0.15) is 4.31 Å². The van der Waals surface area contributed by atoms with E-state index in [0.717, 1.165) is 38.9 Å². The number of hydrogen-bond donors (Lipinski definition) is 0. The highest BCUT2D eigenvalue weighted by Crippen LogP contribution is 2.34. The van der Waals surface area contributed by atoms with Crippen LogP contribution in [0.15, 0.2) is 41.3 Å². The Bertz CT molecular complexity index is 1020. The SMILES string of the molecule is Cl.O=S(=O)(c1cc(Cl)c(Cl)cc1Cl)N1CCCC(CN2CCc3ccccc3C2)C1. The van der Waals surface area contributed by atoms with Crippen LogP contribution in [0.1, 0.15) is 24.0 Å². The molecule has 0 bridgehead atoms. The van der Waals surface area contributed by atoms with Crippen LogP contribution in [0.25, 0.3) is 0 Å². The molecule has 0 radical (unpaired) electrons. The van der Waals surface area contributed by atoms with Crippen LogP contribution in [0.4, 0.5) is 0 Å². The van der Waals surface area contributed by atoms with Gasteiger partial charge in [-0.1, -0.05) is 59.1 Å². The van der Waals surface area contributed by atoms with Crippen LogP contribution in [-0.4, -0.2) is 43.8 Å². The first-order valence-corrected chi connectivity index (χ1v) is 12.4. The van der Waals surface area contributed by atoms with Crippen LogP contribution in [0.5, 0.6) is 0 Å². The Kier molecular flexibility index (Phi) is 8.00. The number of sulfonamides is 1. The highest BCUT2D eigenvalue weighted by atomic mass is 35.5. The molecule has 0 aliphatic carbocycles. The van der Waals surface area contributed by atoms with E-state index in [0.29, 0.717) is 19.0 Å². The van der Waals surface area contributed by atoms with Gasteiger partial charge in [0.2, 0.25) is 10.0 Å². The second-order valence-corrected chi connectivity index (χ2v) is 10.9. The standard InChI is InChI=1S/C21H23Cl3N2O2S.ClH/c22-18-10-20(24)21(11-19(18)23)29(27,28)26-8-3-4-15(13-26)12-25-9-7-16-5-1-2-6-17(16)14-25;/h1-2,5-6,10-11,15H,3-4,7-9,12-14H2;1H. The Morgan fingerprint density at radius 2 is 1.67 bits per heavy atom. The summed E-state index contributed by atoms with van der Waals surface area (Å²) in [6.07, 6.45) is 2.91. The largest absolute Gasteiger partial charge is 0.298 e. The predicted molar refractivity (Wildman–Crippen MR) is 126 cm³/mol. The first-order chi connectivity index (χ1) is 13.8. The monoisotopic (exact) mass is 508 g/mol. The van der Waals surface area contributed by atoms with Crippen LogP contribution in [0.2, 0.25) is 15.1 Å². The van der Waals surface area contributed by atoms with Gasteiger partial charge in [-0.05, 0) is 48.4 Å². The zero-order valence-electron chi connectivity index (χ0n) is 16.4. The molecule has 1 atom stereocenters. The molecule has 1 saturated heterocycles. The Hall–Kier alpha value is -0.530. The molecule has 164 valence electrons. The van der Waals surface area contributed by atoms with Gasteiger partial charge in [-0.3, -0.25) is 4.90 Å². The van der Waals surface area contributed by atoms with Gasteiger partial charge in [0.25, 0.3) is 0 Å². The third-order valence-corrected chi connectivity index (χ3v) is 8.85. The molecule has 30 heavy (non-hydrogen) atoms. The summed E-state index contributed by atoms with van der Waals surface area (Å²) >= 11 is 18.2. The quantitative estimate of drug-likeness (QED) is 0.509. The number of rotatable bonds is 4. The van der Waals surface area contributed by atoms with Crippen molar-refractivity contribution in [3.8, 4) is 0 Å². The number of piperidine rings is 1. The minimum atomic E-state index is -3.71. The lowest BCUT2D eigenvalue weighted by molar-refractivity contribution is 0.167. The summed E-state index contributed by atoms with van der Waals surface area (Å²) < 4.78 is 27.9. The highest BCUT2D eigenvalue weighted by molar-refractivity contribution is 7.89. The summed E-state index contributed by atoms with van der Waals surface area (Å²) in [4.78, 5) is 2.47. The van der Waals surface area contributed by atoms with Gasteiger partial charge in [0.05, 0.1) is 15.1 Å². The minimum Gasteiger partial charge on any atom is -0.298 e. The van der Waals surface area contributed by atoms with Gasteiger partial charge in [0, 0.05) is 32.7 Å². The maximum atomic E-state index is 13.2. The fourth-order valence-electron chi connectivity index (χ4n) is 4.31. The third kappa shape index (κ3) is 5.09. The lowest BCUT2D eigenvalue weighted by Crippen LogP contribution is -2.44. The van der Waals surface area contributed by atoms with E-state index in [1.807, 2.05) is 0 Å². The van der Waals surface area contributed by atoms with Crippen molar-refractivity contribution in [3.05, 3.63) is 62.6 Å². The van der Waals surface area contributed by atoms with E-state index in [9.17, 15) is 8.42 Å². The second kappa shape index (κ2) is 9.95. The van der Waals surface area contributed by atoms with E-state index in [2.05, 4.69) is 29.2 Å². The van der Waals surface area contributed by atoms with Gasteiger partial charge in [-0.25, -0.2) is 8.42 Å². The molecule has 2 aliphatic heterocycles. The molecule has 2 heterocycles. The zero-order valence-corrected chi connectivity index (χ0v) is 20.3. The molecule has 0 N–H and O–H groups in total. The number of halogens is 4. The zero-order chi connectivity index (χ0) is 20.6. The molecule has 2 aromatic carbocycles. The molecular formula is C21H24Cl4N2O2S. The number of fused-ring (bicyclic) bond motifs is 1. The molecule has 1 unspecified atom stereocenters. The van der Waals surface area contributed by atoms with E-state index < -0.39 is 10.0 Å². The molecule has 4 nitrogen and oxygen atoms in total. The lowest BCUT2D eigenvalue weighted by atomic mass is 9.95. The normalized spacial score (nSPS) is 20.4. The summed E-state index contributed by atoms with van der Waals surface area (Å²) in [5, 5.41) is 0.543. The van der Waals surface area contributed by atoms with Gasteiger partial charge in [0.1, 0.15) is 4.90 Å². The van der Waals surface area contributed by atoms with Crippen LogP contribution in [0, 0.1) is 5.92 Å². The van der Waals surface area contributed by atoms with E-state index in [1.165, 1.54) is 23.3 Å². The molecule has 0 amide bonds. The fourth-order valence-corrected chi connectivity index (χ4v) is 6.84. The molecule has 0 saturated carbocycles. The maximum absolute atomic E-state index is 13.2. The predicted octanol–water partition coefficient (Wildman–Crippen LogP) is 5.53. The van der Waals surface area contributed by atoms with Crippen LogP contribution >= 0.6 is 47.2 Å². The number of benzene rings is 2. The average Bonchev–Trinajstić information content (AvgIpc) is 2.71. The summed E-state index contributed by atoms with van der Waals surface area (Å²) in [5.41, 5.74) is 2.80. The first-order valence-electron chi connectivity index (χ1n) is 9.78. The van der Waals surface area contributed by atoms with Gasteiger partial charge >= 0.3 is 0 Å². The van der Waals surface area contributed by atoms with E-state index in [-0.39, 0.29) is 32.4 Å². The minimum absolute atomic E-state index is 0. The lowest BCUT2D eigenvalue weighted by Gasteiger charge is -2.36. The van der Waals surface area contributed by atoms with Crippen molar-refractivity contribution >= 4 is 57.2 Å². The van der Waals surface area contributed by atoms with E-state index in [4.69, 9.17) is 34.8 Å². The van der Waals surface area contributed by atoms with E-state index >= 15 is 0 Å². The van der Waals surface area contributed by atoms with Crippen molar-refractivity contribution in [1.82, 2.24) is 9.21 Å². The molecule has 2 aliphatic rings. The van der Waals surface area contributed by atoms with Crippen LogP contribution < -0.4 is 0 Å². The Labute approximate surface area is 199 Å². The molecule has 9 heteroatoms.